The van der Waals surface area contributed by atoms with Crippen molar-refractivity contribution in [2.24, 2.45) is 0 Å². The Kier molecular flexibility index (Phi) is 5.64. The number of carbonyl (C=O) groups excluding carboxylic acids is 2. The van der Waals surface area contributed by atoms with E-state index in [0.29, 0.717) is 22.1 Å². The predicted octanol–water partition coefficient (Wildman–Crippen LogP) is 2.21. The molecule has 1 aromatic carbocycles. The first-order chi connectivity index (χ1) is 8.62. The molecule has 0 amide bonds. The minimum atomic E-state index is -0.490. The van der Waals surface area contributed by atoms with Crippen molar-refractivity contribution in [2.75, 3.05) is 20.3 Å². The van der Waals surface area contributed by atoms with Crippen LogP contribution in [0.5, 0.6) is 11.5 Å². The van der Waals surface area contributed by atoms with Gasteiger partial charge in [0.2, 0.25) is 0 Å². The second-order valence-corrected chi connectivity index (χ2v) is 4.09. The monoisotopic (exact) mass is 316 g/mol. The molecule has 0 aliphatic heterocycles. The fourth-order valence-corrected chi connectivity index (χ4v) is 1.79. The van der Waals surface area contributed by atoms with Crippen molar-refractivity contribution in [3.05, 3.63) is 22.2 Å². The minimum Gasteiger partial charge on any atom is -0.495 e. The molecule has 0 atom stereocenters. The van der Waals surface area contributed by atoms with Gasteiger partial charge in [0.1, 0.15) is 11.5 Å². The summed E-state index contributed by atoms with van der Waals surface area (Å²) in [5, 5.41) is 0. The van der Waals surface area contributed by atoms with Gasteiger partial charge in [0.05, 0.1) is 23.8 Å². The second kappa shape index (κ2) is 7.00. The number of hydrogen-bond donors (Lipinski definition) is 0. The molecule has 0 N–H and O–H groups in total. The van der Waals surface area contributed by atoms with Gasteiger partial charge in [0, 0.05) is 6.07 Å². The molecular formula is C12H13BrO5. The quantitative estimate of drug-likeness (QED) is 0.595. The summed E-state index contributed by atoms with van der Waals surface area (Å²) >= 11 is 3.26. The zero-order valence-electron chi connectivity index (χ0n) is 10.1. The van der Waals surface area contributed by atoms with Crippen LogP contribution < -0.4 is 9.47 Å². The van der Waals surface area contributed by atoms with E-state index in [2.05, 4.69) is 15.9 Å². The Balaban J connectivity index is 2.86. The van der Waals surface area contributed by atoms with Gasteiger partial charge in [-0.05, 0) is 28.9 Å². The molecule has 6 heteroatoms. The molecular weight excluding hydrogens is 304 g/mol. The molecule has 0 heterocycles. The highest BCUT2D eigenvalue weighted by atomic mass is 79.9. The zero-order valence-corrected chi connectivity index (χ0v) is 11.7. The molecule has 1 rings (SSSR count). The molecule has 98 valence electrons. The average molecular weight is 317 g/mol. The van der Waals surface area contributed by atoms with Crippen molar-refractivity contribution in [1.82, 2.24) is 0 Å². The summed E-state index contributed by atoms with van der Waals surface area (Å²) in [5.41, 5.74) is 0.326. The van der Waals surface area contributed by atoms with Crippen LogP contribution in [-0.4, -0.2) is 32.6 Å². The molecule has 0 aliphatic rings. The van der Waals surface area contributed by atoms with Crippen LogP contribution in [0.25, 0.3) is 0 Å². The van der Waals surface area contributed by atoms with Crippen LogP contribution in [0.4, 0.5) is 0 Å². The number of benzene rings is 1. The molecule has 0 saturated heterocycles. The molecule has 5 nitrogen and oxygen atoms in total. The maximum Gasteiger partial charge on any atom is 0.344 e. The van der Waals surface area contributed by atoms with Gasteiger partial charge >= 0.3 is 5.97 Å². The summed E-state index contributed by atoms with van der Waals surface area (Å²) in [6, 6.07) is 3.10. The number of esters is 1. The van der Waals surface area contributed by atoms with Crippen molar-refractivity contribution >= 4 is 28.2 Å². The summed E-state index contributed by atoms with van der Waals surface area (Å²) in [6.45, 7) is 1.74. The number of rotatable bonds is 6. The van der Waals surface area contributed by atoms with Gasteiger partial charge in [-0.2, -0.15) is 0 Å². The van der Waals surface area contributed by atoms with Gasteiger partial charge in [-0.15, -0.1) is 0 Å². The lowest BCUT2D eigenvalue weighted by atomic mass is 10.2. The van der Waals surface area contributed by atoms with Crippen molar-refractivity contribution in [3.8, 4) is 11.5 Å². The van der Waals surface area contributed by atoms with Crippen molar-refractivity contribution < 1.29 is 23.8 Å². The lowest BCUT2D eigenvalue weighted by molar-refractivity contribution is -0.145. The molecule has 0 unspecified atom stereocenters. The fourth-order valence-electron chi connectivity index (χ4n) is 1.26. The summed E-state index contributed by atoms with van der Waals surface area (Å²) in [6.07, 6.45) is 0.644. The third-order valence-electron chi connectivity index (χ3n) is 2.06. The van der Waals surface area contributed by atoms with Gasteiger partial charge < -0.3 is 14.2 Å². The molecule has 18 heavy (non-hydrogen) atoms. The second-order valence-electron chi connectivity index (χ2n) is 3.24. The lowest BCUT2D eigenvalue weighted by Crippen LogP contribution is -2.15. The smallest absolute Gasteiger partial charge is 0.344 e. The van der Waals surface area contributed by atoms with E-state index in [1.807, 2.05) is 0 Å². The van der Waals surface area contributed by atoms with Crippen molar-refractivity contribution in [2.45, 2.75) is 6.92 Å². The lowest BCUT2D eigenvalue weighted by Gasteiger charge is -2.11. The standard InChI is InChI=1S/C12H13BrO5/c1-3-17-12(15)7-18-10-5-11(16-2)9(13)4-8(10)6-14/h4-6H,3,7H2,1-2H3. The van der Waals surface area contributed by atoms with E-state index in [9.17, 15) is 9.59 Å². The maximum absolute atomic E-state index is 11.2. The van der Waals surface area contributed by atoms with E-state index in [1.165, 1.54) is 13.2 Å². The molecule has 0 radical (unpaired) electrons. The van der Waals surface area contributed by atoms with Crippen LogP contribution in [0.15, 0.2) is 16.6 Å². The summed E-state index contributed by atoms with van der Waals surface area (Å²) in [5.74, 6) is 0.300. The first kappa shape index (κ1) is 14.5. The largest absolute Gasteiger partial charge is 0.495 e. The number of halogens is 1. The van der Waals surface area contributed by atoms with E-state index in [1.54, 1.807) is 13.0 Å². The molecule has 0 bridgehead atoms. The van der Waals surface area contributed by atoms with Crippen LogP contribution >= 0.6 is 15.9 Å². The third-order valence-corrected chi connectivity index (χ3v) is 2.68. The van der Waals surface area contributed by atoms with Crippen LogP contribution in [-0.2, 0) is 9.53 Å². The average Bonchev–Trinajstić information content (AvgIpc) is 2.37. The van der Waals surface area contributed by atoms with E-state index >= 15 is 0 Å². The summed E-state index contributed by atoms with van der Waals surface area (Å²) in [4.78, 5) is 22.1. The summed E-state index contributed by atoms with van der Waals surface area (Å²) in [7, 11) is 1.50. The maximum atomic E-state index is 11.2. The van der Waals surface area contributed by atoms with Crippen molar-refractivity contribution in [1.29, 1.82) is 0 Å². The fraction of sp³-hybridized carbons (Fsp3) is 0.333. The van der Waals surface area contributed by atoms with Gasteiger partial charge in [-0.1, -0.05) is 0 Å². The molecule has 0 fully saturated rings. The van der Waals surface area contributed by atoms with E-state index in [0.717, 1.165) is 0 Å². The summed E-state index contributed by atoms with van der Waals surface area (Å²) < 4.78 is 15.7. The minimum absolute atomic E-state index is 0.251. The Morgan fingerprint density at radius 1 is 1.39 bits per heavy atom. The number of ether oxygens (including phenoxy) is 3. The van der Waals surface area contributed by atoms with Crippen LogP contribution in [0.1, 0.15) is 17.3 Å². The van der Waals surface area contributed by atoms with Crippen LogP contribution in [0, 0.1) is 0 Å². The third kappa shape index (κ3) is 3.73. The first-order valence-corrected chi connectivity index (χ1v) is 6.02. The first-order valence-electron chi connectivity index (χ1n) is 5.23. The van der Waals surface area contributed by atoms with Gasteiger partial charge in [-0.25, -0.2) is 4.79 Å². The van der Waals surface area contributed by atoms with Crippen molar-refractivity contribution in [3.63, 3.8) is 0 Å². The van der Waals surface area contributed by atoms with E-state index < -0.39 is 5.97 Å². The van der Waals surface area contributed by atoms with E-state index in [4.69, 9.17) is 14.2 Å². The number of carbonyl (C=O) groups is 2. The van der Waals surface area contributed by atoms with Gasteiger partial charge in [0.25, 0.3) is 0 Å². The van der Waals surface area contributed by atoms with Crippen LogP contribution in [0.3, 0.4) is 0 Å². The molecule has 0 spiro atoms. The Morgan fingerprint density at radius 3 is 2.67 bits per heavy atom. The Morgan fingerprint density at radius 2 is 2.11 bits per heavy atom. The SMILES string of the molecule is CCOC(=O)COc1cc(OC)c(Br)cc1C=O. The molecule has 0 aromatic heterocycles. The highest BCUT2D eigenvalue weighted by Crippen LogP contribution is 2.32. The Labute approximate surface area is 113 Å². The normalized spacial score (nSPS) is 9.72. The molecule has 0 saturated carbocycles. The van der Waals surface area contributed by atoms with Gasteiger partial charge in [-0.3, -0.25) is 4.79 Å². The Bertz CT molecular complexity index is 444. The zero-order chi connectivity index (χ0) is 13.5. The number of methoxy groups -OCH3 is 1. The molecule has 1 aromatic rings. The highest BCUT2D eigenvalue weighted by Gasteiger charge is 2.11. The number of hydrogen-bond acceptors (Lipinski definition) is 5. The van der Waals surface area contributed by atoms with Gasteiger partial charge in [0.15, 0.2) is 12.9 Å². The van der Waals surface area contributed by atoms with Crippen LogP contribution in [0.2, 0.25) is 0 Å². The topological polar surface area (TPSA) is 61.8 Å². The number of aldehydes is 1. The Hall–Kier alpha value is -1.56. The molecule has 0 aliphatic carbocycles. The van der Waals surface area contributed by atoms with E-state index in [-0.39, 0.29) is 19.0 Å². The predicted molar refractivity (Wildman–Crippen MR) is 68.2 cm³/mol. The highest BCUT2D eigenvalue weighted by molar-refractivity contribution is 9.10.